The van der Waals surface area contributed by atoms with Gasteiger partial charge in [-0.2, -0.15) is 0 Å². The molecule has 0 aromatic heterocycles. The summed E-state index contributed by atoms with van der Waals surface area (Å²) in [5.74, 6) is -1.34. The zero-order chi connectivity index (χ0) is 24.7. The Hall–Kier alpha value is -4.26. The van der Waals surface area contributed by atoms with Crippen molar-refractivity contribution in [1.82, 2.24) is 4.90 Å². The van der Waals surface area contributed by atoms with Gasteiger partial charge < -0.3 is 9.80 Å². The smallest absolute Gasteiger partial charge is 0.262 e. The van der Waals surface area contributed by atoms with Crippen molar-refractivity contribution in [3.05, 3.63) is 95.6 Å². The van der Waals surface area contributed by atoms with Crippen LogP contribution in [0.3, 0.4) is 0 Å². The van der Waals surface area contributed by atoms with E-state index < -0.39 is 11.8 Å². The lowest BCUT2D eigenvalue weighted by atomic mass is 9.89. The van der Waals surface area contributed by atoms with Crippen LogP contribution in [0.2, 0.25) is 0 Å². The highest BCUT2D eigenvalue weighted by Gasteiger charge is 2.41. The summed E-state index contributed by atoms with van der Waals surface area (Å²) in [6, 6.07) is 23.1. The molecule has 0 saturated carbocycles. The van der Waals surface area contributed by atoms with Crippen molar-refractivity contribution in [2.24, 2.45) is 0 Å². The van der Waals surface area contributed by atoms with Gasteiger partial charge in [-0.3, -0.25) is 24.1 Å². The molecule has 7 heteroatoms. The minimum Gasteiger partial charge on any atom is -0.308 e. The summed E-state index contributed by atoms with van der Waals surface area (Å²) in [5.41, 5.74) is 2.95. The Balaban J connectivity index is 1.47. The quantitative estimate of drug-likeness (QED) is 0.539. The van der Waals surface area contributed by atoms with E-state index in [4.69, 9.17) is 0 Å². The van der Waals surface area contributed by atoms with Crippen LogP contribution >= 0.6 is 0 Å². The normalized spacial score (nSPS) is 18.8. The number of carbonyl (C=O) groups excluding carboxylic acids is 4. The van der Waals surface area contributed by atoms with E-state index in [1.807, 2.05) is 61.5 Å². The van der Waals surface area contributed by atoms with Crippen LogP contribution in [0.5, 0.6) is 0 Å². The predicted molar refractivity (Wildman–Crippen MR) is 132 cm³/mol. The second-order valence-electron chi connectivity index (χ2n) is 8.89. The van der Waals surface area contributed by atoms with Crippen molar-refractivity contribution in [1.29, 1.82) is 0 Å². The molecule has 4 amide bonds. The Morgan fingerprint density at radius 2 is 1.43 bits per heavy atom. The highest BCUT2D eigenvalue weighted by molar-refractivity contribution is 6.22. The van der Waals surface area contributed by atoms with Gasteiger partial charge in [0.05, 0.1) is 17.2 Å². The topological polar surface area (TPSA) is 78.0 Å². The Morgan fingerprint density at radius 3 is 2.06 bits per heavy atom. The fourth-order valence-corrected chi connectivity index (χ4v) is 5.17. The van der Waals surface area contributed by atoms with Crippen molar-refractivity contribution < 1.29 is 19.2 Å². The molecule has 5 rings (SSSR count). The number of anilines is 2. The van der Waals surface area contributed by atoms with Crippen molar-refractivity contribution in [2.45, 2.75) is 32.4 Å². The third kappa shape index (κ3) is 3.79. The van der Waals surface area contributed by atoms with Crippen molar-refractivity contribution >= 4 is 35.0 Å². The number of nitrogens with zero attached hydrogens (tertiary/aromatic N) is 3. The van der Waals surface area contributed by atoms with Crippen molar-refractivity contribution in [2.75, 3.05) is 16.3 Å². The van der Waals surface area contributed by atoms with Gasteiger partial charge >= 0.3 is 0 Å². The van der Waals surface area contributed by atoms with Crippen LogP contribution in [0, 0.1) is 0 Å². The Kier molecular flexibility index (Phi) is 5.68. The minimum absolute atomic E-state index is 0.0889. The molecule has 3 aromatic carbocycles. The molecule has 0 N–H and O–H groups in total. The summed E-state index contributed by atoms with van der Waals surface area (Å²) < 4.78 is 0. The van der Waals surface area contributed by atoms with E-state index in [2.05, 4.69) is 0 Å². The van der Waals surface area contributed by atoms with Crippen LogP contribution in [0.4, 0.5) is 11.4 Å². The molecular formula is C28H25N3O4. The molecule has 0 saturated heterocycles. The van der Waals surface area contributed by atoms with E-state index in [0.717, 1.165) is 16.2 Å². The highest BCUT2D eigenvalue weighted by Crippen LogP contribution is 2.42. The highest BCUT2D eigenvalue weighted by atomic mass is 16.2. The Labute approximate surface area is 203 Å². The molecule has 176 valence electrons. The molecule has 35 heavy (non-hydrogen) atoms. The molecule has 2 aliphatic rings. The molecule has 7 nitrogen and oxygen atoms in total. The first-order valence-electron chi connectivity index (χ1n) is 11.6. The maximum absolute atomic E-state index is 13.5. The van der Waals surface area contributed by atoms with Crippen molar-refractivity contribution in [3.63, 3.8) is 0 Å². The van der Waals surface area contributed by atoms with Crippen LogP contribution in [0.15, 0.2) is 78.9 Å². The summed E-state index contributed by atoms with van der Waals surface area (Å²) >= 11 is 0. The second-order valence-corrected chi connectivity index (χ2v) is 8.89. The van der Waals surface area contributed by atoms with Crippen LogP contribution in [-0.2, 0) is 9.59 Å². The second kappa shape index (κ2) is 8.83. The molecule has 0 bridgehead atoms. The number of benzene rings is 3. The lowest BCUT2D eigenvalue weighted by Gasteiger charge is -2.43. The van der Waals surface area contributed by atoms with Crippen molar-refractivity contribution in [3.8, 4) is 0 Å². The third-order valence-electron chi connectivity index (χ3n) is 6.69. The lowest BCUT2D eigenvalue weighted by Crippen LogP contribution is -2.51. The molecular weight excluding hydrogens is 442 g/mol. The van der Waals surface area contributed by atoms with Crippen LogP contribution < -0.4 is 9.80 Å². The molecule has 0 aliphatic carbocycles. The first kappa shape index (κ1) is 22.5. The SMILES string of the molecule is CC(=O)N(c1ccccc1)[C@@H]1C[C@H](C)N(C(=O)CN2C(=O)c3ccccc3C2=O)c2ccccc21. The summed E-state index contributed by atoms with van der Waals surface area (Å²) in [6.45, 7) is 3.12. The number of imide groups is 1. The summed E-state index contributed by atoms with van der Waals surface area (Å²) in [6.07, 6.45) is 0.513. The first-order valence-corrected chi connectivity index (χ1v) is 11.6. The Morgan fingerprint density at radius 1 is 0.857 bits per heavy atom. The molecule has 3 aromatic rings. The van der Waals surface area contributed by atoms with E-state index in [-0.39, 0.29) is 30.4 Å². The van der Waals surface area contributed by atoms with Crippen LogP contribution in [-0.4, -0.2) is 41.1 Å². The average Bonchev–Trinajstić information content (AvgIpc) is 3.09. The molecule has 2 atom stereocenters. The monoisotopic (exact) mass is 467 g/mol. The van der Waals surface area contributed by atoms with E-state index in [1.165, 1.54) is 0 Å². The van der Waals surface area contributed by atoms with Gasteiger partial charge in [-0.25, -0.2) is 0 Å². The lowest BCUT2D eigenvalue weighted by molar-refractivity contribution is -0.119. The number of amides is 4. The fourth-order valence-electron chi connectivity index (χ4n) is 5.17. The predicted octanol–water partition coefficient (Wildman–Crippen LogP) is 4.20. The van der Waals surface area contributed by atoms with Gasteiger partial charge in [-0.15, -0.1) is 0 Å². The number of hydrogen-bond acceptors (Lipinski definition) is 4. The van der Waals surface area contributed by atoms with Crippen LogP contribution in [0.25, 0.3) is 0 Å². The fraction of sp³-hybridized carbons (Fsp3) is 0.214. The third-order valence-corrected chi connectivity index (χ3v) is 6.69. The van der Waals surface area contributed by atoms with E-state index >= 15 is 0 Å². The summed E-state index contributed by atoms with van der Waals surface area (Å²) in [5, 5.41) is 0. The zero-order valence-corrected chi connectivity index (χ0v) is 19.5. The number of hydrogen-bond donors (Lipinski definition) is 0. The maximum atomic E-state index is 13.5. The summed E-state index contributed by atoms with van der Waals surface area (Å²) in [7, 11) is 0. The summed E-state index contributed by atoms with van der Waals surface area (Å²) in [4.78, 5) is 56.4. The molecule has 2 aliphatic heterocycles. The van der Waals surface area contributed by atoms with Gasteiger partial charge in [0, 0.05) is 24.3 Å². The van der Waals surface area contributed by atoms with Gasteiger partial charge in [0.1, 0.15) is 6.54 Å². The maximum Gasteiger partial charge on any atom is 0.262 e. The van der Waals surface area contributed by atoms with Gasteiger partial charge in [0.25, 0.3) is 11.8 Å². The van der Waals surface area contributed by atoms with E-state index in [0.29, 0.717) is 23.2 Å². The van der Waals surface area contributed by atoms with E-state index in [9.17, 15) is 19.2 Å². The average molecular weight is 468 g/mol. The first-order chi connectivity index (χ1) is 16.9. The number of fused-ring (bicyclic) bond motifs is 2. The number of rotatable bonds is 4. The molecule has 0 unspecified atom stereocenters. The van der Waals surface area contributed by atoms with Gasteiger partial charge in [-0.1, -0.05) is 48.5 Å². The van der Waals surface area contributed by atoms with Crippen LogP contribution in [0.1, 0.15) is 52.6 Å². The molecule has 0 radical (unpaired) electrons. The molecule has 0 fully saturated rings. The molecule has 2 heterocycles. The van der Waals surface area contributed by atoms with Gasteiger partial charge in [0.2, 0.25) is 11.8 Å². The zero-order valence-electron chi connectivity index (χ0n) is 19.5. The number of carbonyl (C=O) groups is 4. The number of para-hydroxylation sites is 2. The van der Waals surface area contributed by atoms with E-state index in [1.54, 1.807) is 41.0 Å². The largest absolute Gasteiger partial charge is 0.308 e. The standard InChI is InChI=1S/C28H25N3O4/c1-18-16-25(31(19(2)32)20-10-4-3-5-11-20)23-14-8-9-15-24(23)30(18)26(33)17-29-27(34)21-12-6-7-13-22(21)28(29)35/h3-15,18,25H,16-17H2,1-2H3/t18-,25+/m0/s1. The minimum atomic E-state index is -0.457. The molecule has 0 spiro atoms. The van der Waals surface area contributed by atoms with Gasteiger partial charge in [0.15, 0.2) is 0 Å². The Bertz CT molecular complexity index is 1300. The van der Waals surface area contributed by atoms with Gasteiger partial charge in [-0.05, 0) is 49.2 Å².